The summed E-state index contributed by atoms with van der Waals surface area (Å²) in [4.78, 5) is 14.2. The third kappa shape index (κ3) is 3.36. The van der Waals surface area contributed by atoms with E-state index in [4.69, 9.17) is 5.73 Å². The number of hydrogen-bond donors (Lipinski definition) is 2. The predicted molar refractivity (Wildman–Crippen MR) is 115 cm³/mol. The summed E-state index contributed by atoms with van der Waals surface area (Å²) in [5.74, 6) is 0.250. The van der Waals surface area contributed by atoms with E-state index in [1.807, 2.05) is 48.5 Å². The van der Waals surface area contributed by atoms with Crippen molar-refractivity contribution in [3.8, 4) is 6.01 Å². The highest BCUT2D eigenvalue weighted by Gasteiger charge is 2.17. The molecule has 5 aromatic rings. The summed E-state index contributed by atoms with van der Waals surface area (Å²) in [6.45, 7) is 0.444. The molecule has 3 aromatic carbocycles. The van der Waals surface area contributed by atoms with Crippen LogP contribution in [0, 0.1) is 0 Å². The number of imidazole rings is 1. The van der Waals surface area contributed by atoms with Crippen LogP contribution in [0.3, 0.4) is 0 Å². The zero-order chi connectivity index (χ0) is 19.8. The SMILES string of the molecule is Nc1nc(Sc2ccc3ccccc3c2)nc2c1nc(O)n2Cc1ccccc1. The maximum Gasteiger partial charge on any atom is 0.296 e. The zero-order valence-corrected chi connectivity index (χ0v) is 16.2. The van der Waals surface area contributed by atoms with Gasteiger partial charge >= 0.3 is 0 Å². The third-order valence-electron chi connectivity index (χ3n) is 4.69. The first kappa shape index (κ1) is 17.5. The molecule has 0 aliphatic heterocycles. The second-order valence-corrected chi connectivity index (χ2v) is 7.70. The Morgan fingerprint density at radius 2 is 1.62 bits per heavy atom. The van der Waals surface area contributed by atoms with Gasteiger partial charge in [0.25, 0.3) is 6.01 Å². The standard InChI is InChI=1S/C22H17N5OS/c23-19-18-20(27(22(28)24-18)13-14-6-2-1-3-7-14)26-21(25-19)29-17-11-10-15-8-4-5-9-16(15)12-17/h1-12H,13H2,(H,24,28)(H2,23,25,26). The molecule has 7 heteroatoms. The van der Waals surface area contributed by atoms with Crippen molar-refractivity contribution in [1.29, 1.82) is 0 Å². The smallest absolute Gasteiger partial charge is 0.296 e. The van der Waals surface area contributed by atoms with Gasteiger partial charge in [-0.05, 0) is 40.2 Å². The fourth-order valence-corrected chi connectivity index (χ4v) is 4.09. The lowest BCUT2D eigenvalue weighted by Crippen LogP contribution is -2.02. The van der Waals surface area contributed by atoms with Crippen molar-refractivity contribution >= 4 is 39.5 Å². The maximum atomic E-state index is 10.3. The molecule has 0 saturated heterocycles. The van der Waals surface area contributed by atoms with E-state index in [-0.39, 0.29) is 11.8 Å². The Bertz CT molecular complexity index is 1330. The molecule has 2 heterocycles. The highest BCUT2D eigenvalue weighted by molar-refractivity contribution is 7.99. The largest absolute Gasteiger partial charge is 0.480 e. The first-order valence-corrected chi connectivity index (χ1v) is 9.92. The van der Waals surface area contributed by atoms with Gasteiger partial charge in [-0.2, -0.15) is 4.98 Å². The number of nitrogen functional groups attached to an aromatic ring is 1. The zero-order valence-electron chi connectivity index (χ0n) is 15.4. The monoisotopic (exact) mass is 399 g/mol. The molecule has 0 atom stereocenters. The van der Waals surface area contributed by atoms with Gasteiger partial charge in [-0.3, -0.25) is 4.57 Å². The maximum absolute atomic E-state index is 10.3. The topological polar surface area (TPSA) is 89.8 Å². The summed E-state index contributed by atoms with van der Waals surface area (Å²) < 4.78 is 1.65. The molecular weight excluding hydrogens is 382 g/mol. The van der Waals surface area contributed by atoms with Crippen LogP contribution in [-0.2, 0) is 6.54 Å². The van der Waals surface area contributed by atoms with Crippen molar-refractivity contribution in [3.63, 3.8) is 0 Å². The quantitative estimate of drug-likeness (QED) is 0.434. The van der Waals surface area contributed by atoms with E-state index in [9.17, 15) is 5.11 Å². The number of anilines is 1. The van der Waals surface area contributed by atoms with Gasteiger partial charge in [0.15, 0.2) is 22.1 Å². The van der Waals surface area contributed by atoms with Crippen molar-refractivity contribution in [2.75, 3.05) is 5.73 Å². The molecule has 5 rings (SSSR count). The molecule has 0 bridgehead atoms. The molecule has 0 fully saturated rings. The molecule has 0 aliphatic rings. The van der Waals surface area contributed by atoms with Crippen LogP contribution in [0.5, 0.6) is 6.01 Å². The second-order valence-electron chi connectivity index (χ2n) is 6.66. The molecular formula is C22H17N5OS. The number of hydrogen-bond acceptors (Lipinski definition) is 6. The van der Waals surface area contributed by atoms with E-state index in [1.165, 1.54) is 17.1 Å². The van der Waals surface area contributed by atoms with Gasteiger partial charge in [0.2, 0.25) is 0 Å². The molecule has 0 amide bonds. The summed E-state index contributed by atoms with van der Waals surface area (Å²) in [7, 11) is 0. The van der Waals surface area contributed by atoms with Gasteiger partial charge in [0.1, 0.15) is 0 Å². The first-order valence-electron chi connectivity index (χ1n) is 9.11. The molecule has 142 valence electrons. The van der Waals surface area contributed by atoms with Crippen LogP contribution in [0.1, 0.15) is 5.56 Å². The Labute approximate surface area is 171 Å². The van der Waals surface area contributed by atoms with Crippen molar-refractivity contribution in [2.45, 2.75) is 16.6 Å². The molecule has 3 N–H and O–H groups in total. The van der Waals surface area contributed by atoms with E-state index in [2.05, 4.69) is 39.2 Å². The average Bonchev–Trinajstić information content (AvgIpc) is 3.05. The van der Waals surface area contributed by atoms with E-state index >= 15 is 0 Å². The van der Waals surface area contributed by atoms with Gasteiger partial charge in [-0.25, -0.2) is 9.97 Å². The minimum absolute atomic E-state index is 0.127. The number of aromatic nitrogens is 4. The molecule has 0 aliphatic carbocycles. The number of fused-ring (bicyclic) bond motifs is 2. The lowest BCUT2D eigenvalue weighted by molar-refractivity contribution is 0.408. The van der Waals surface area contributed by atoms with Crippen LogP contribution in [0.2, 0.25) is 0 Å². The Balaban J connectivity index is 1.55. The molecule has 29 heavy (non-hydrogen) atoms. The average molecular weight is 399 g/mol. The fourth-order valence-electron chi connectivity index (χ4n) is 3.28. The third-order valence-corrected chi connectivity index (χ3v) is 5.55. The molecule has 0 saturated carbocycles. The van der Waals surface area contributed by atoms with Gasteiger partial charge in [0.05, 0.1) is 6.54 Å². The van der Waals surface area contributed by atoms with Crippen molar-refractivity contribution in [1.82, 2.24) is 19.5 Å². The van der Waals surface area contributed by atoms with Gasteiger partial charge in [-0.1, -0.05) is 60.7 Å². The van der Waals surface area contributed by atoms with Crippen LogP contribution in [0.4, 0.5) is 5.82 Å². The number of rotatable bonds is 4. The summed E-state index contributed by atoms with van der Waals surface area (Å²) in [6, 6.07) is 24.1. The summed E-state index contributed by atoms with van der Waals surface area (Å²) >= 11 is 1.43. The minimum atomic E-state index is -0.127. The normalized spacial score (nSPS) is 11.3. The van der Waals surface area contributed by atoms with Gasteiger partial charge in [-0.15, -0.1) is 0 Å². The van der Waals surface area contributed by atoms with E-state index in [1.54, 1.807) is 4.57 Å². The van der Waals surface area contributed by atoms with Crippen LogP contribution in [-0.4, -0.2) is 24.6 Å². The van der Waals surface area contributed by atoms with Crippen molar-refractivity contribution in [2.24, 2.45) is 0 Å². The number of benzene rings is 3. The molecule has 0 spiro atoms. The van der Waals surface area contributed by atoms with Crippen LogP contribution >= 0.6 is 11.8 Å². The van der Waals surface area contributed by atoms with Gasteiger partial charge in [0, 0.05) is 4.90 Å². The van der Waals surface area contributed by atoms with E-state index < -0.39 is 0 Å². The van der Waals surface area contributed by atoms with Crippen molar-refractivity contribution in [3.05, 3.63) is 78.4 Å². The number of aromatic hydroxyl groups is 1. The lowest BCUT2D eigenvalue weighted by atomic mass is 10.1. The molecule has 6 nitrogen and oxygen atoms in total. The van der Waals surface area contributed by atoms with Crippen molar-refractivity contribution < 1.29 is 5.11 Å². The van der Waals surface area contributed by atoms with Crippen LogP contribution < -0.4 is 5.73 Å². The Hall–Kier alpha value is -3.58. The van der Waals surface area contributed by atoms with Crippen LogP contribution in [0.15, 0.2) is 82.8 Å². The Morgan fingerprint density at radius 3 is 2.45 bits per heavy atom. The summed E-state index contributed by atoms with van der Waals surface area (Å²) in [6.07, 6.45) is 0. The summed E-state index contributed by atoms with van der Waals surface area (Å²) in [5, 5.41) is 13.2. The fraction of sp³-hybridized carbons (Fsp3) is 0.0455. The van der Waals surface area contributed by atoms with Gasteiger partial charge < -0.3 is 10.8 Å². The lowest BCUT2D eigenvalue weighted by Gasteiger charge is -2.07. The molecule has 0 radical (unpaired) electrons. The highest BCUT2D eigenvalue weighted by Crippen LogP contribution is 2.31. The van der Waals surface area contributed by atoms with Crippen LogP contribution in [0.25, 0.3) is 21.9 Å². The Kier molecular flexibility index (Phi) is 4.29. The Morgan fingerprint density at radius 1 is 0.862 bits per heavy atom. The molecule has 2 aromatic heterocycles. The highest BCUT2D eigenvalue weighted by atomic mass is 32.2. The summed E-state index contributed by atoms with van der Waals surface area (Å²) in [5.41, 5.74) is 8.08. The second kappa shape index (κ2) is 7.10. The van der Waals surface area contributed by atoms with E-state index in [0.717, 1.165) is 15.8 Å². The number of nitrogens with zero attached hydrogens (tertiary/aromatic N) is 4. The first-order chi connectivity index (χ1) is 14.2. The molecule has 0 unspecified atom stereocenters. The minimum Gasteiger partial charge on any atom is -0.480 e. The number of nitrogens with two attached hydrogens (primary N) is 1. The predicted octanol–water partition coefficient (Wildman–Crippen LogP) is 4.47. The van der Waals surface area contributed by atoms with E-state index in [0.29, 0.717) is 22.9 Å².